The molecule has 2 heterocycles. The summed E-state index contributed by atoms with van der Waals surface area (Å²) in [6.45, 7) is 3.13. The molecule has 8 heteroatoms. The van der Waals surface area contributed by atoms with E-state index in [0.29, 0.717) is 48.5 Å². The Morgan fingerprint density at radius 2 is 1.94 bits per heavy atom. The number of likely N-dealkylation sites (tertiary alicyclic amines) is 1. The number of aryl methyl sites for hydroxylation is 2. The summed E-state index contributed by atoms with van der Waals surface area (Å²) >= 11 is 8.81. The van der Waals surface area contributed by atoms with Crippen molar-refractivity contribution in [2.24, 2.45) is 13.0 Å². The van der Waals surface area contributed by atoms with Crippen molar-refractivity contribution in [2.45, 2.75) is 32.6 Å². The first-order valence-electron chi connectivity index (χ1n) is 11.2. The van der Waals surface area contributed by atoms with E-state index in [1.165, 1.54) is 0 Å². The highest BCUT2D eigenvalue weighted by Crippen LogP contribution is 2.32. The van der Waals surface area contributed by atoms with E-state index in [9.17, 15) is 14.9 Å². The van der Waals surface area contributed by atoms with Crippen LogP contribution in [0.1, 0.15) is 52.0 Å². The van der Waals surface area contributed by atoms with E-state index in [2.05, 4.69) is 39.3 Å². The van der Waals surface area contributed by atoms with E-state index >= 15 is 0 Å². The number of carbonyl (C=O) groups is 2. The number of nitriles is 1. The summed E-state index contributed by atoms with van der Waals surface area (Å²) in [4.78, 5) is 26.1. The molecule has 0 saturated carbocycles. The molecule has 0 spiro atoms. The molecule has 2 aromatic carbocycles. The number of carbonyl (C=O) groups excluding carboxylic acids is 1. The summed E-state index contributed by atoms with van der Waals surface area (Å²) < 4.78 is 2.92. The fraction of sp³-hybridized carbons (Fsp3) is 0.346. The van der Waals surface area contributed by atoms with E-state index in [1.54, 1.807) is 12.1 Å². The number of carboxylic acid groups (broad SMARTS) is 1. The molecule has 1 aromatic heterocycles. The van der Waals surface area contributed by atoms with E-state index in [1.807, 2.05) is 31.0 Å². The largest absolute Gasteiger partial charge is 0.481 e. The van der Waals surface area contributed by atoms with Crippen LogP contribution in [0.15, 0.2) is 30.3 Å². The smallest absolute Gasteiger partial charge is 0.303 e. The fourth-order valence-electron chi connectivity index (χ4n) is 4.76. The quantitative estimate of drug-likeness (QED) is 0.397. The number of nitrogens with zero attached hydrogens (tertiary/aromatic N) is 3. The number of piperidine rings is 1. The number of aromatic nitrogens is 1. The number of aliphatic carboxylic acids is 1. The zero-order chi connectivity index (χ0) is 24.6. The van der Waals surface area contributed by atoms with Crippen LogP contribution in [0.25, 0.3) is 10.9 Å². The lowest BCUT2D eigenvalue weighted by atomic mass is 9.93. The van der Waals surface area contributed by atoms with Gasteiger partial charge in [0.25, 0.3) is 5.91 Å². The predicted molar refractivity (Wildman–Crippen MR) is 140 cm³/mol. The zero-order valence-electron chi connectivity index (χ0n) is 19.1. The van der Waals surface area contributed by atoms with Crippen LogP contribution in [0, 0.1) is 27.7 Å². The average Bonchev–Trinajstić information content (AvgIpc) is 3.12. The fourth-order valence-corrected chi connectivity index (χ4v) is 6.04. The standard InChI is InChI=1S/C26H25ClIN3O3/c1-15-9-17(14-29)10-23-20(15)12-18(30(23)2)13-21-22(27)4-3-19(25(21)28)26(34)31-7-5-16(6-8-31)11-24(32)33/h3-4,9-10,12,16H,5-8,11,13H2,1-2H3,(H,32,33). The first kappa shape index (κ1) is 24.6. The van der Waals surface area contributed by atoms with Crippen LogP contribution in [0.5, 0.6) is 0 Å². The minimum Gasteiger partial charge on any atom is -0.481 e. The number of fused-ring (bicyclic) bond motifs is 1. The maximum absolute atomic E-state index is 13.3. The molecule has 3 aromatic rings. The molecule has 34 heavy (non-hydrogen) atoms. The topological polar surface area (TPSA) is 86.3 Å². The molecule has 6 nitrogen and oxygen atoms in total. The van der Waals surface area contributed by atoms with Crippen molar-refractivity contribution in [1.82, 2.24) is 9.47 Å². The average molecular weight is 590 g/mol. The normalized spacial score (nSPS) is 14.4. The summed E-state index contributed by atoms with van der Waals surface area (Å²) in [5.41, 5.74) is 5.24. The lowest BCUT2D eigenvalue weighted by Gasteiger charge is -2.32. The third-order valence-corrected chi connectivity index (χ3v) is 8.32. The van der Waals surface area contributed by atoms with Crippen LogP contribution >= 0.6 is 34.2 Å². The molecule has 1 amide bonds. The van der Waals surface area contributed by atoms with Gasteiger partial charge in [0.2, 0.25) is 0 Å². The Balaban J connectivity index is 1.61. The van der Waals surface area contributed by atoms with E-state index in [0.717, 1.165) is 31.3 Å². The number of rotatable bonds is 5. The molecule has 4 rings (SSSR count). The summed E-state index contributed by atoms with van der Waals surface area (Å²) in [7, 11) is 1.98. The second kappa shape index (κ2) is 9.96. The third kappa shape index (κ3) is 4.80. The molecule has 1 N–H and O–H groups in total. The maximum Gasteiger partial charge on any atom is 0.303 e. The highest BCUT2D eigenvalue weighted by molar-refractivity contribution is 14.1. The lowest BCUT2D eigenvalue weighted by molar-refractivity contribution is -0.138. The maximum atomic E-state index is 13.3. The van der Waals surface area contributed by atoms with Crippen molar-refractivity contribution in [2.75, 3.05) is 13.1 Å². The zero-order valence-corrected chi connectivity index (χ0v) is 22.0. The molecule has 0 radical (unpaired) electrons. The van der Waals surface area contributed by atoms with E-state index < -0.39 is 5.97 Å². The van der Waals surface area contributed by atoms with Gasteiger partial charge in [-0.1, -0.05) is 11.6 Å². The first-order chi connectivity index (χ1) is 16.2. The molecule has 1 aliphatic rings. The van der Waals surface area contributed by atoms with Gasteiger partial charge < -0.3 is 14.6 Å². The van der Waals surface area contributed by atoms with Crippen LogP contribution in [-0.2, 0) is 18.3 Å². The first-order valence-corrected chi connectivity index (χ1v) is 12.6. The van der Waals surface area contributed by atoms with Crippen molar-refractivity contribution >= 4 is 57.0 Å². The lowest BCUT2D eigenvalue weighted by Crippen LogP contribution is -2.39. The van der Waals surface area contributed by atoms with Crippen LogP contribution in [0.2, 0.25) is 5.02 Å². The predicted octanol–water partition coefficient (Wildman–Crippen LogP) is 5.53. The van der Waals surface area contributed by atoms with Crippen LogP contribution < -0.4 is 0 Å². The molecule has 0 unspecified atom stereocenters. The number of hydrogen-bond donors (Lipinski definition) is 1. The Hall–Kier alpha value is -2.57. The van der Waals surface area contributed by atoms with Crippen LogP contribution in [-0.4, -0.2) is 39.5 Å². The van der Waals surface area contributed by atoms with Crippen molar-refractivity contribution in [1.29, 1.82) is 5.26 Å². The van der Waals surface area contributed by atoms with Gasteiger partial charge in [-0.15, -0.1) is 0 Å². The monoisotopic (exact) mass is 589 g/mol. The molecule has 1 fully saturated rings. The minimum absolute atomic E-state index is 0.0392. The number of hydrogen-bond acceptors (Lipinski definition) is 3. The highest BCUT2D eigenvalue weighted by Gasteiger charge is 2.27. The van der Waals surface area contributed by atoms with Crippen molar-refractivity contribution in [3.63, 3.8) is 0 Å². The third-order valence-electron chi connectivity index (χ3n) is 6.74. The van der Waals surface area contributed by atoms with Gasteiger partial charge in [-0.05, 0) is 89.7 Å². The van der Waals surface area contributed by atoms with Crippen molar-refractivity contribution in [3.8, 4) is 6.07 Å². The molecule has 1 aliphatic heterocycles. The minimum atomic E-state index is -0.783. The van der Waals surface area contributed by atoms with Gasteiger partial charge in [-0.2, -0.15) is 5.26 Å². The second-order valence-electron chi connectivity index (χ2n) is 8.93. The van der Waals surface area contributed by atoms with Gasteiger partial charge in [-0.25, -0.2) is 0 Å². The molecular weight excluding hydrogens is 565 g/mol. The molecule has 176 valence electrons. The summed E-state index contributed by atoms with van der Waals surface area (Å²) in [6.07, 6.45) is 2.13. The van der Waals surface area contributed by atoms with Crippen molar-refractivity contribution < 1.29 is 14.7 Å². The Morgan fingerprint density at radius 1 is 1.24 bits per heavy atom. The Bertz CT molecular complexity index is 1330. The van der Waals surface area contributed by atoms with Gasteiger partial charge in [0.1, 0.15) is 0 Å². The molecule has 0 bridgehead atoms. The Kier molecular flexibility index (Phi) is 7.20. The SMILES string of the molecule is Cc1cc(C#N)cc2c1cc(Cc1c(Cl)ccc(C(=O)N3CCC(CC(=O)O)CC3)c1I)n2C. The van der Waals surface area contributed by atoms with Crippen LogP contribution in [0.3, 0.4) is 0 Å². The van der Waals surface area contributed by atoms with Gasteiger partial charge in [0.05, 0.1) is 17.2 Å². The Morgan fingerprint density at radius 3 is 2.59 bits per heavy atom. The summed E-state index contributed by atoms with van der Waals surface area (Å²) in [5, 5.41) is 20.1. The van der Waals surface area contributed by atoms with Crippen LogP contribution in [0.4, 0.5) is 0 Å². The highest BCUT2D eigenvalue weighted by atomic mass is 127. The summed E-state index contributed by atoms with van der Waals surface area (Å²) in [6, 6.07) is 11.7. The molecule has 0 aliphatic carbocycles. The van der Waals surface area contributed by atoms with Gasteiger partial charge in [0, 0.05) is 58.2 Å². The summed E-state index contributed by atoms with van der Waals surface area (Å²) in [5.74, 6) is -0.699. The number of carboxylic acids is 1. The molecule has 0 atom stereocenters. The number of benzene rings is 2. The van der Waals surface area contributed by atoms with E-state index in [4.69, 9.17) is 16.7 Å². The molecule has 1 saturated heterocycles. The Labute approximate surface area is 217 Å². The second-order valence-corrected chi connectivity index (χ2v) is 10.4. The van der Waals surface area contributed by atoms with Gasteiger partial charge >= 0.3 is 5.97 Å². The number of halogens is 2. The van der Waals surface area contributed by atoms with Gasteiger partial charge in [-0.3, -0.25) is 9.59 Å². The van der Waals surface area contributed by atoms with Gasteiger partial charge in [0.15, 0.2) is 0 Å². The van der Waals surface area contributed by atoms with E-state index in [-0.39, 0.29) is 18.2 Å². The molecular formula is C26H25ClIN3O3. The van der Waals surface area contributed by atoms with Crippen molar-refractivity contribution in [3.05, 3.63) is 66.9 Å². The number of amides is 1.